The molecular weight excluding hydrogens is 297 g/mol. The molecule has 0 amide bonds. The third-order valence-corrected chi connectivity index (χ3v) is 3.94. The van der Waals surface area contributed by atoms with Gasteiger partial charge in [-0.1, -0.05) is 0 Å². The van der Waals surface area contributed by atoms with E-state index in [2.05, 4.69) is 4.98 Å². The smallest absolute Gasteiger partial charge is 0.162 e. The number of carbonyl (C=O) groups excluding carboxylic acids is 1. The molecule has 4 rings (SSSR count). The lowest BCUT2D eigenvalue weighted by Gasteiger charge is -2.18. The summed E-state index contributed by atoms with van der Waals surface area (Å²) in [5, 5.41) is 0.586. The first-order valence-electron chi connectivity index (χ1n) is 7.35. The van der Waals surface area contributed by atoms with Gasteiger partial charge in [0.25, 0.3) is 0 Å². The summed E-state index contributed by atoms with van der Waals surface area (Å²) in [6, 6.07) is 9.90. The Hall–Kier alpha value is -2.82. The number of benzene rings is 2. The Bertz CT molecular complexity index is 929. The number of rotatable bonds is 2. The highest BCUT2D eigenvalue weighted by Crippen LogP contribution is 2.37. The number of hydrogen-bond donors (Lipinski definition) is 1. The second-order valence-electron chi connectivity index (χ2n) is 5.48. The molecule has 4 nitrogen and oxygen atoms in total. The Balaban J connectivity index is 1.94. The Kier molecular flexibility index (Phi) is 3.08. The Labute approximate surface area is 131 Å². The molecule has 116 valence electrons. The Morgan fingerprint density at radius 3 is 2.65 bits per heavy atom. The van der Waals surface area contributed by atoms with Crippen molar-refractivity contribution >= 4 is 16.7 Å². The molecule has 0 atom stereocenters. The van der Waals surface area contributed by atoms with Gasteiger partial charge in [-0.3, -0.25) is 4.79 Å². The molecule has 1 aliphatic rings. The summed E-state index contributed by atoms with van der Waals surface area (Å²) in [5.41, 5.74) is 2.67. The lowest BCUT2D eigenvalue weighted by atomic mass is 10.0. The highest BCUT2D eigenvalue weighted by atomic mass is 19.1. The summed E-state index contributed by atoms with van der Waals surface area (Å²) >= 11 is 0. The number of halogens is 1. The molecule has 1 aliphatic heterocycles. The summed E-state index contributed by atoms with van der Waals surface area (Å²) in [6.07, 6.45) is 0. The fourth-order valence-corrected chi connectivity index (χ4v) is 2.95. The van der Waals surface area contributed by atoms with Crippen LogP contribution in [-0.2, 0) is 0 Å². The summed E-state index contributed by atoms with van der Waals surface area (Å²) in [6.45, 7) is 2.50. The van der Waals surface area contributed by atoms with Crippen LogP contribution in [0.15, 0.2) is 36.4 Å². The summed E-state index contributed by atoms with van der Waals surface area (Å²) in [5.74, 6) is 0.846. The number of ether oxygens (including phenoxy) is 2. The molecule has 0 saturated heterocycles. The van der Waals surface area contributed by atoms with Gasteiger partial charge in [0.15, 0.2) is 17.3 Å². The van der Waals surface area contributed by atoms with E-state index in [4.69, 9.17) is 9.47 Å². The molecule has 0 saturated carbocycles. The van der Waals surface area contributed by atoms with Crippen molar-refractivity contribution in [2.75, 3.05) is 13.2 Å². The molecule has 0 spiro atoms. The molecule has 0 fully saturated rings. The molecule has 1 aromatic heterocycles. The Morgan fingerprint density at radius 1 is 1.09 bits per heavy atom. The molecular formula is C18H14FNO3. The lowest BCUT2D eigenvalue weighted by Crippen LogP contribution is -2.15. The van der Waals surface area contributed by atoms with Crippen LogP contribution in [0.4, 0.5) is 4.39 Å². The van der Waals surface area contributed by atoms with Gasteiger partial charge < -0.3 is 14.5 Å². The quantitative estimate of drug-likeness (QED) is 0.729. The van der Waals surface area contributed by atoms with Crippen molar-refractivity contribution in [2.24, 2.45) is 0 Å². The van der Waals surface area contributed by atoms with Gasteiger partial charge in [0.2, 0.25) is 0 Å². The number of Topliss-reactive ketones (excluding diaryl/α,β-unsaturated/α-hetero) is 1. The highest BCUT2D eigenvalue weighted by Gasteiger charge is 2.19. The van der Waals surface area contributed by atoms with Crippen molar-refractivity contribution in [1.29, 1.82) is 0 Å². The van der Waals surface area contributed by atoms with Crippen LogP contribution in [0.3, 0.4) is 0 Å². The van der Waals surface area contributed by atoms with Gasteiger partial charge in [-0.05, 0) is 43.3 Å². The molecule has 0 unspecified atom stereocenters. The average Bonchev–Trinajstić information content (AvgIpc) is 2.93. The van der Waals surface area contributed by atoms with Crippen molar-refractivity contribution in [3.63, 3.8) is 0 Å². The second-order valence-corrected chi connectivity index (χ2v) is 5.48. The fraction of sp³-hybridized carbons (Fsp3) is 0.167. The summed E-state index contributed by atoms with van der Waals surface area (Å²) in [4.78, 5) is 15.3. The monoisotopic (exact) mass is 311 g/mol. The highest BCUT2D eigenvalue weighted by molar-refractivity contribution is 6.12. The van der Waals surface area contributed by atoms with E-state index in [1.54, 1.807) is 6.07 Å². The van der Waals surface area contributed by atoms with Gasteiger partial charge in [0.1, 0.15) is 19.0 Å². The molecule has 0 radical (unpaired) electrons. The largest absolute Gasteiger partial charge is 0.486 e. The molecule has 23 heavy (non-hydrogen) atoms. The van der Waals surface area contributed by atoms with Gasteiger partial charge in [-0.15, -0.1) is 0 Å². The molecule has 2 heterocycles. The van der Waals surface area contributed by atoms with E-state index in [0.29, 0.717) is 41.4 Å². The van der Waals surface area contributed by atoms with Gasteiger partial charge in [0, 0.05) is 16.5 Å². The first kappa shape index (κ1) is 13.8. The van der Waals surface area contributed by atoms with Crippen molar-refractivity contribution in [1.82, 2.24) is 4.98 Å². The average molecular weight is 311 g/mol. The first-order valence-corrected chi connectivity index (χ1v) is 7.35. The number of hydrogen-bond acceptors (Lipinski definition) is 3. The van der Waals surface area contributed by atoms with Crippen LogP contribution in [-0.4, -0.2) is 24.0 Å². The standard InChI is InChI=1S/C18H14FNO3/c1-10(21)17-13-9-12(19)3-4-14(13)20-18(17)11-2-5-15-16(8-11)23-7-6-22-15/h2-5,8-9,20H,6-7H2,1H3. The van der Waals surface area contributed by atoms with Crippen molar-refractivity contribution in [3.8, 4) is 22.8 Å². The van der Waals surface area contributed by atoms with Gasteiger partial charge in [0.05, 0.1) is 11.3 Å². The number of fused-ring (bicyclic) bond motifs is 2. The molecule has 1 N–H and O–H groups in total. The summed E-state index contributed by atoms with van der Waals surface area (Å²) < 4.78 is 24.7. The molecule has 3 aromatic rings. The van der Waals surface area contributed by atoms with Gasteiger partial charge in [-0.2, -0.15) is 0 Å². The fourth-order valence-electron chi connectivity index (χ4n) is 2.95. The van der Waals surface area contributed by atoms with Crippen LogP contribution >= 0.6 is 0 Å². The van der Waals surface area contributed by atoms with E-state index in [1.807, 2.05) is 18.2 Å². The van der Waals surface area contributed by atoms with Crippen molar-refractivity contribution in [3.05, 3.63) is 47.8 Å². The SMILES string of the molecule is CC(=O)c1c(-c2ccc3c(c2)OCCO3)[nH]c2ccc(F)cc12. The minimum atomic E-state index is -0.368. The van der Waals surface area contributed by atoms with E-state index >= 15 is 0 Å². The zero-order chi connectivity index (χ0) is 16.0. The van der Waals surface area contributed by atoms with E-state index < -0.39 is 0 Å². The zero-order valence-electron chi connectivity index (χ0n) is 12.5. The van der Waals surface area contributed by atoms with Crippen molar-refractivity contribution in [2.45, 2.75) is 6.92 Å². The predicted octanol–water partition coefficient (Wildman–Crippen LogP) is 3.95. The zero-order valence-corrected chi connectivity index (χ0v) is 12.5. The first-order chi connectivity index (χ1) is 11.1. The van der Waals surface area contributed by atoms with Crippen LogP contribution in [0.5, 0.6) is 11.5 Å². The van der Waals surface area contributed by atoms with E-state index in [0.717, 1.165) is 11.1 Å². The second kappa shape index (κ2) is 5.12. The lowest BCUT2D eigenvalue weighted by molar-refractivity contribution is 0.102. The number of aromatic amines is 1. The van der Waals surface area contributed by atoms with Crippen LogP contribution in [0.25, 0.3) is 22.2 Å². The topological polar surface area (TPSA) is 51.3 Å². The maximum Gasteiger partial charge on any atom is 0.162 e. The number of carbonyl (C=O) groups is 1. The molecule has 0 aliphatic carbocycles. The molecule has 0 bridgehead atoms. The van der Waals surface area contributed by atoms with Crippen LogP contribution in [0.2, 0.25) is 0 Å². The van der Waals surface area contributed by atoms with Crippen molar-refractivity contribution < 1.29 is 18.7 Å². The minimum Gasteiger partial charge on any atom is -0.486 e. The van der Waals surface area contributed by atoms with Gasteiger partial charge >= 0.3 is 0 Å². The number of aromatic nitrogens is 1. The predicted molar refractivity (Wildman–Crippen MR) is 84.7 cm³/mol. The maximum atomic E-state index is 13.6. The van der Waals surface area contributed by atoms with E-state index in [-0.39, 0.29) is 11.6 Å². The van der Waals surface area contributed by atoms with Crippen LogP contribution in [0.1, 0.15) is 17.3 Å². The molecule has 2 aromatic carbocycles. The number of ketones is 1. The van der Waals surface area contributed by atoms with E-state index in [1.165, 1.54) is 19.1 Å². The summed E-state index contributed by atoms with van der Waals surface area (Å²) in [7, 11) is 0. The Morgan fingerprint density at radius 2 is 1.87 bits per heavy atom. The number of H-pyrrole nitrogens is 1. The third-order valence-electron chi connectivity index (χ3n) is 3.94. The maximum absolute atomic E-state index is 13.6. The van der Waals surface area contributed by atoms with Crippen LogP contribution in [0, 0.1) is 5.82 Å². The molecule has 5 heteroatoms. The van der Waals surface area contributed by atoms with Crippen LogP contribution < -0.4 is 9.47 Å². The minimum absolute atomic E-state index is 0.119. The third kappa shape index (κ3) is 2.25. The van der Waals surface area contributed by atoms with Gasteiger partial charge in [-0.25, -0.2) is 4.39 Å². The number of nitrogens with one attached hydrogen (secondary N) is 1. The normalized spacial score (nSPS) is 13.3. The van der Waals surface area contributed by atoms with E-state index in [9.17, 15) is 9.18 Å².